The van der Waals surface area contributed by atoms with Crippen LogP contribution in [0.15, 0.2) is 5.11 Å². The normalized spacial score (nSPS) is 37.6. The average molecular weight is 154 g/mol. The lowest BCUT2D eigenvalue weighted by molar-refractivity contribution is -0.582. The molecule has 11 heavy (non-hydrogen) atoms. The van der Waals surface area contributed by atoms with Crippen LogP contribution in [0.25, 0.3) is 0 Å². The summed E-state index contributed by atoms with van der Waals surface area (Å²) in [6.45, 7) is 0. The maximum atomic E-state index is 11.2. The summed E-state index contributed by atoms with van der Waals surface area (Å²) in [5.74, 6) is 0. The molecule has 2 aliphatic heterocycles. The van der Waals surface area contributed by atoms with E-state index in [1.54, 1.807) is 0 Å². The van der Waals surface area contributed by atoms with E-state index in [1.807, 2.05) is 0 Å². The fourth-order valence-corrected chi connectivity index (χ4v) is 2.02. The molecule has 2 bridgehead atoms. The third kappa shape index (κ3) is 1.37. The Morgan fingerprint density at radius 3 is 2.73 bits per heavy atom. The van der Waals surface area contributed by atoms with Gasteiger partial charge in [-0.25, -0.2) is 0 Å². The van der Waals surface area contributed by atoms with Crippen LogP contribution in [0, 0.1) is 5.21 Å². The summed E-state index contributed by atoms with van der Waals surface area (Å²) < 4.78 is 0. The Labute approximate surface area is 66.7 Å². The van der Waals surface area contributed by atoms with Crippen LogP contribution in [-0.2, 0) is 0 Å². The summed E-state index contributed by atoms with van der Waals surface area (Å²) in [6.07, 6.45) is 6.88. The smallest absolute Gasteiger partial charge is 0.190 e. The molecule has 3 nitrogen and oxygen atoms in total. The largest absolute Gasteiger partial charge is 0.600 e. The zero-order valence-corrected chi connectivity index (χ0v) is 6.70. The molecule has 3 rings (SSSR count). The first kappa shape index (κ1) is 7.07. The van der Waals surface area contributed by atoms with E-state index >= 15 is 0 Å². The van der Waals surface area contributed by atoms with E-state index in [9.17, 15) is 5.21 Å². The molecule has 0 saturated heterocycles. The molecule has 0 radical (unpaired) electrons. The van der Waals surface area contributed by atoms with Crippen molar-refractivity contribution >= 4 is 0 Å². The Balaban J connectivity index is 2.16. The van der Waals surface area contributed by atoms with Crippen molar-refractivity contribution in [1.82, 2.24) is 0 Å². The summed E-state index contributed by atoms with van der Waals surface area (Å²) in [7, 11) is 0. The second-order valence-electron chi connectivity index (χ2n) is 3.59. The quantitative estimate of drug-likeness (QED) is 0.388. The lowest BCUT2D eigenvalue weighted by atomic mass is 9.93. The van der Waals surface area contributed by atoms with E-state index in [4.69, 9.17) is 0 Å². The third-order valence-corrected chi connectivity index (χ3v) is 2.75. The molecule has 0 N–H and O–H groups in total. The maximum Gasteiger partial charge on any atom is 0.190 e. The highest BCUT2D eigenvalue weighted by Crippen LogP contribution is 2.26. The fraction of sp³-hybridized carbons (Fsp3) is 1.00. The first-order valence-electron chi connectivity index (χ1n) is 4.53. The van der Waals surface area contributed by atoms with Gasteiger partial charge in [-0.05, 0) is 24.4 Å². The van der Waals surface area contributed by atoms with Crippen molar-refractivity contribution < 1.29 is 4.86 Å². The predicted molar refractivity (Wildman–Crippen MR) is 41.3 cm³/mol. The number of hydrogen-bond donors (Lipinski definition) is 0. The van der Waals surface area contributed by atoms with Gasteiger partial charge in [0.15, 0.2) is 6.04 Å². The molecule has 62 valence electrons. The molecule has 1 fully saturated rings. The Hall–Kier alpha value is -0.600. The highest BCUT2D eigenvalue weighted by Gasteiger charge is 2.29. The molecule has 1 saturated carbocycles. The topological polar surface area (TPSA) is 38.4 Å². The van der Waals surface area contributed by atoms with Crippen LogP contribution in [-0.4, -0.2) is 16.9 Å². The van der Waals surface area contributed by atoms with Crippen molar-refractivity contribution in [2.45, 2.75) is 50.6 Å². The molecule has 0 aromatic carbocycles. The summed E-state index contributed by atoms with van der Waals surface area (Å²) in [4.78, 5) is 0.966. The SMILES string of the molecule is [O-][N+]1=NC2CCCCC1CC2. The second kappa shape index (κ2) is 2.80. The number of fused-ring (bicyclic) bond motifs is 4. The molecule has 2 atom stereocenters. The molecule has 3 heteroatoms. The first-order chi connectivity index (χ1) is 5.36. The predicted octanol–water partition coefficient (Wildman–Crippen LogP) is 2.05. The van der Waals surface area contributed by atoms with Crippen molar-refractivity contribution in [2.24, 2.45) is 5.11 Å². The van der Waals surface area contributed by atoms with Crippen LogP contribution in [0.5, 0.6) is 0 Å². The number of nitrogens with zero attached hydrogens (tertiary/aromatic N) is 2. The maximum absolute atomic E-state index is 11.2. The summed E-state index contributed by atoms with van der Waals surface area (Å²) in [5, 5.41) is 15.3. The number of hydrogen-bond acceptors (Lipinski definition) is 2. The molecular weight excluding hydrogens is 140 g/mol. The molecule has 0 spiro atoms. The minimum atomic E-state index is 0.214. The number of hydroxylamine groups is 1. The van der Waals surface area contributed by atoms with Crippen LogP contribution < -0.4 is 0 Å². The first-order valence-corrected chi connectivity index (χ1v) is 4.53. The minimum absolute atomic E-state index is 0.214. The van der Waals surface area contributed by atoms with E-state index < -0.39 is 0 Å². The lowest BCUT2D eigenvalue weighted by Gasteiger charge is -2.25. The molecule has 1 aliphatic carbocycles. The van der Waals surface area contributed by atoms with Crippen molar-refractivity contribution in [3.05, 3.63) is 5.21 Å². The van der Waals surface area contributed by atoms with Crippen LogP contribution >= 0.6 is 0 Å². The second-order valence-corrected chi connectivity index (χ2v) is 3.59. The van der Waals surface area contributed by atoms with E-state index in [0.29, 0.717) is 6.04 Å². The molecule has 0 aromatic rings. The van der Waals surface area contributed by atoms with Gasteiger partial charge in [-0.15, -0.1) is 0 Å². The van der Waals surface area contributed by atoms with E-state index in [1.165, 1.54) is 12.8 Å². The molecule has 2 unspecified atom stereocenters. The molecule has 0 amide bonds. The molecular formula is C8H14N2O. The molecule has 3 aliphatic rings. The van der Waals surface area contributed by atoms with Crippen molar-refractivity contribution in [3.63, 3.8) is 0 Å². The molecule has 2 heterocycles. The van der Waals surface area contributed by atoms with Gasteiger partial charge in [0.2, 0.25) is 0 Å². The number of azo groups is 1. The Morgan fingerprint density at radius 1 is 1.09 bits per heavy atom. The number of rotatable bonds is 0. The van der Waals surface area contributed by atoms with Crippen LogP contribution in [0.2, 0.25) is 0 Å². The van der Waals surface area contributed by atoms with E-state index in [0.717, 1.165) is 30.5 Å². The highest BCUT2D eigenvalue weighted by atomic mass is 16.5. The highest BCUT2D eigenvalue weighted by molar-refractivity contribution is 4.73. The fourth-order valence-electron chi connectivity index (χ4n) is 2.02. The van der Waals surface area contributed by atoms with E-state index in [2.05, 4.69) is 5.11 Å². The van der Waals surface area contributed by atoms with Gasteiger partial charge in [0.25, 0.3) is 0 Å². The summed E-state index contributed by atoms with van der Waals surface area (Å²) >= 11 is 0. The van der Waals surface area contributed by atoms with Crippen LogP contribution in [0.4, 0.5) is 0 Å². The zero-order valence-electron chi connectivity index (χ0n) is 6.70. The minimum Gasteiger partial charge on any atom is -0.600 e. The van der Waals surface area contributed by atoms with Gasteiger partial charge in [-0.2, -0.15) is 0 Å². The van der Waals surface area contributed by atoms with Gasteiger partial charge in [0.05, 0.1) is 0 Å². The van der Waals surface area contributed by atoms with Crippen molar-refractivity contribution in [3.8, 4) is 0 Å². The Bertz CT molecular complexity index is 179. The van der Waals surface area contributed by atoms with E-state index in [-0.39, 0.29) is 6.04 Å². The molecule has 0 aromatic heterocycles. The standard InChI is InChI=1S/C8H14N2O/c11-10-8-4-2-1-3-7(9-10)5-6-8/h7-8H,1-6H2. The van der Waals surface area contributed by atoms with Crippen molar-refractivity contribution in [2.75, 3.05) is 0 Å². The van der Waals surface area contributed by atoms with Crippen LogP contribution in [0.1, 0.15) is 38.5 Å². The van der Waals surface area contributed by atoms with Gasteiger partial charge < -0.3 is 5.21 Å². The zero-order chi connectivity index (χ0) is 7.68. The van der Waals surface area contributed by atoms with Gasteiger partial charge >= 0.3 is 0 Å². The van der Waals surface area contributed by atoms with Crippen LogP contribution in [0.3, 0.4) is 0 Å². The van der Waals surface area contributed by atoms with Gasteiger partial charge in [0, 0.05) is 12.8 Å². The lowest BCUT2D eigenvalue weighted by Crippen LogP contribution is -2.30. The third-order valence-electron chi connectivity index (χ3n) is 2.75. The van der Waals surface area contributed by atoms with Gasteiger partial charge in [-0.1, -0.05) is 11.3 Å². The Kier molecular flexibility index (Phi) is 1.80. The van der Waals surface area contributed by atoms with Crippen molar-refractivity contribution in [1.29, 1.82) is 0 Å². The summed E-state index contributed by atoms with van der Waals surface area (Å²) in [5.41, 5.74) is 0. The van der Waals surface area contributed by atoms with Gasteiger partial charge in [0.1, 0.15) is 6.04 Å². The average Bonchev–Trinajstić information content (AvgIpc) is 1.92. The summed E-state index contributed by atoms with van der Waals surface area (Å²) in [6, 6.07) is 0.565. The van der Waals surface area contributed by atoms with Gasteiger partial charge in [-0.3, -0.25) is 0 Å². The monoisotopic (exact) mass is 154 g/mol. The Morgan fingerprint density at radius 2 is 1.91 bits per heavy atom.